The fourth-order valence-electron chi connectivity index (χ4n) is 1.90. The van der Waals surface area contributed by atoms with Crippen LogP contribution in [0.5, 0.6) is 0 Å². The first-order valence-corrected chi connectivity index (χ1v) is 6.97. The molecule has 1 heterocycles. The Bertz CT molecular complexity index is 410. The maximum Gasteiger partial charge on any atom is 0.315 e. The van der Waals surface area contributed by atoms with E-state index in [2.05, 4.69) is 34.4 Å². The van der Waals surface area contributed by atoms with E-state index in [0.717, 1.165) is 37.3 Å². The van der Waals surface area contributed by atoms with E-state index in [9.17, 15) is 4.79 Å². The minimum Gasteiger partial charge on any atom is -0.357 e. The summed E-state index contributed by atoms with van der Waals surface area (Å²) in [5.74, 6) is 0.983. The number of amides is 2. The summed E-state index contributed by atoms with van der Waals surface area (Å²) in [5.41, 5.74) is 1.02. The first kappa shape index (κ1) is 13.6. The van der Waals surface area contributed by atoms with Gasteiger partial charge in [0.25, 0.3) is 0 Å². The molecule has 5 nitrogen and oxygen atoms in total. The van der Waals surface area contributed by atoms with Crippen molar-refractivity contribution in [2.45, 2.75) is 39.3 Å². The average molecular weight is 262 g/mol. The van der Waals surface area contributed by atoms with Gasteiger partial charge in [0.2, 0.25) is 0 Å². The molecule has 1 saturated carbocycles. The molecule has 1 aliphatic rings. The minimum atomic E-state index is -0.0877. The number of hydrogen-bond acceptors (Lipinski definition) is 3. The van der Waals surface area contributed by atoms with Crippen LogP contribution in [0.25, 0.3) is 0 Å². The Labute approximate surface area is 114 Å². The fourth-order valence-corrected chi connectivity index (χ4v) is 1.90. The Morgan fingerprint density at radius 3 is 2.63 bits per heavy atom. The molecule has 19 heavy (non-hydrogen) atoms. The first-order chi connectivity index (χ1) is 9.22. The second kappa shape index (κ2) is 6.41. The van der Waals surface area contributed by atoms with Crippen LogP contribution in [0.4, 0.5) is 10.6 Å². The van der Waals surface area contributed by atoms with Crippen LogP contribution in [-0.4, -0.2) is 30.1 Å². The van der Waals surface area contributed by atoms with Crippen molar-refractivity contribution in [2.24, 2.45) is 0 Å². The van der Waals surface area contributed by atoms with Gasteiger partial charge in [-0.2, -0.15) is 0 Å². The molecule has 2 amide bonds. The first-order valence-electron chi connectivity index (χ1n) is 6.97. The van der Waals surface area contributed by atoms with Crippen LogP contribution in [0.2, 0.25) is 0 Å². The molecule has 0 atom stereocenters. The van der Waals surface area contributed by atoms with E-state index < -0.39 is 0 Å². The second-order valence-electron chi connectivity index (χ2n) is 4.80. The van der Waals surface area contributed by atoms with Gasteiger partial charge in [-0.25, -0.2) is 9.78 Å². The zero-order valence-corrected chi connectivity index (χ0v) is 11.6. The van der Waals surface area contributed by atoms with Crippen LogP contribution in [0, 0.1) is 0 Å². The van der Waals surface area contributed by atoms with Gasteiger partial charge in [0.15, 0.2) is 0 Å². The third-order valence-corrected chi connectivity index (χ3v) is 3.26. The van der Waals surface area contributed by atoms with E-state index in [0.29, 0.717) is 12.6 Å². The Morgan fingerprint density at radius 1 is 1.37 bits per heavy atom. The summed E-state index contributed by atoms with van der Waals surface area (Å²) in [5, 5.41) is 5.74. The number of nitrogens with one attached hydrogen (secondary N) is 2. The molecule has 0 unspecified atom stereocenters. The van der Waals surface area contributed by atoms with Crippen molar-refractivity contribution in [1.29, 1.82) is 0 Å². The zero-order valence-electron chi connectivity index (χ0n) is 11.6. The van der Waals surface area contributed by atoms with Gasteiger partial charge in [-0.15, -0.1) is 0 Å². The Kier molecular flexibility index (Phi) is 4.60. The molecule has 1 aromatic rings. The van der Waals surface area contributed by atoms with Gasteiger partial charge < -0.3 is 15.5 Å². The van der Waals surface area contributed by atoms with Gasteiger partial charge in [0.1, 0.15) is 5.82 Å². The van der Waals surface area contributed by atoms with Crippen LogP contribution >= 0.6 is 0 Å². The molecule has 0 radical (unpaired) electrons. The van der Waals surface area contributed by atoms with Gasteiger partial charge in [0.05, 0.1) is 0 Å². The topological polar surface area (TPSA) is 57.3 Å². The molecule has 0 saturated heterocycles. The minimum absolute atomic E-state index is 0.0877. The third kappa shape index (κ3) is 4.12. The normalized spacial score (nSPS) is 14.0. The molecule has 5 heteroatoms. The standard InChI is InChI=1S/C14H22N4O/c1-3-18(4-2)13-8-5-11(9-15-13)10-16-14(19)17-12-6-7-12/h5,8-9,12H,3-4,6-7,10H2,1-2H3,(H2,16,17,19). The van der Waals surface area contributed by atoms with E-state index >= 15 is 0 Å². The van der Waals surface area contributed by atoms with E-state index in [-0.39, 0.29) is 6.03 Å². The quantitative estimate of drug-likeness (QED) is 0.823. The number of carbonyl (C=O) groups is 1. The Morgan fingerprint density at radius 2 is 2.11 bits per heavy atom. The number of hydrogen-bond donors (Lipinski definition) is 2. The van der Waals surface area contributed by atoms with Crippen LogP contribution in [0.1, 0.15) is 32.3 Å². The molecule has 0 aliphatic heterocycles. The summed E-state index contributed by atoms with van der Waals surface area (Å²) in [6.45, 7) is 6.64. The molecule has 2 N–H and O–H groups in total. The van der Waals surface area contributed by atoms with Crippen molar-refractivity contribution in [3.05, 3.63) is 23.9 Å². The van der Waals surface area contributed by atoms with Crippen molar-refractivity contribution in [3.63, 3.8) is 0 Å². The van der Waals surface area contributed by atoms with Gasteiger partial charge in [-0.1, -0.05) is 6.07 Å². The molecule has 104 valence electrons. The van der Waals surface area contributed by atoms with Gasteiger partial charge in [-0.05, 0) is 38.3 Å². The number of aromatic nitrogens is 1. The number of urea groups is 1. The van der Waals surface area contributed by atoms with E-state index in [1.807, 2.05) is 18.3 Å². The predicted octanol–water partition coefficient (Wildman–Crippen LogP) is 1.89. The van der Waals surface area contributed by atoms with E-state index in [1.165, 1.54) is 0 Å². The molecule has 2 rings (SSSR count). The zero-order chi connectivity index (χ0) is 13.7. The molecular weight excluding hydrogens is 240 g/mol. The van der Waals surface area contributed by atoms with Crippen LogP contribution < -0.4 is 15.5 Å². The number of nitrogens with zero attached hydrogens (tertiary/aromatic N) is 2. The summed E-state index contributed by atoms with van der Waals surface area (Å²) < 4.78 is 0. The van der Waals surface area contributed by atoms with Crippen LogP contribution in [0.15, 0.2) is 18.3 Å². The highest BCUT2D eigenvalue weighted by molar-refractivity contribution is 5.74. The van der Waals surface area contributed by atoms with Crippen molar-refractivity contribution < 1.29 is 4.79 Å². The monoisotopic (exact) mass is 262 g/mol. The summed E-state index contributed by atoms with van der Waals surface area (Å²) in [6, 6.07) is 4.32. The number of pyridine rings is 1. The molecular formula is C14H22N4O. The number of rotatable bonds is 6. The number of anilines is 1. The smallest absolute Gasteiger partial charge is 0.315 e. The fraction of sp³-hybridized carbons (Fsp3) is 0.571. The molecule has 0 aromatic carbocycles. The molecule has 0 spiro atoms. The lowest BCUT2D eigenvalue weighted by Crippen LogP contribution is -2.36. The largest absolute Gasteiger partial charge is 0.357 e. The molecule has 0 bridgehead atoms. The van der Waals surface area contributed by atoms with Gasteiger partial charge in [0, 0.05) is 31.9 Å². The SMILES string of the molecule is CCN(CC)c1ccc(CNC(=O)NC2CC2)cn1. The van der Waals surface area contributed by atoms with Crippen molar-refractivity contribution >= 4 is 11.8 Å². The lowest BCUT2D eigenvalue weighted by Gasteiger charge is -2.19. The highest BCUT2D eigenvalue weighted by Crippen LogP contribution is 2.18. The van der Waals surface area contributed by atoms with Crippen LogP contribution in [-0.2, 0) is 6.54 Å². The van der Waals surface area contributed by atoms with Gasteiger partial charge >= 0.3 is 6.03 Å². The highest BCUT2D eigenvalue weighted by atomic mass is 16.2. The molecule has 1 aromatic heterocycles. The maximum atomic E-state index is 11.5. The Balaban J connectivity index is 1.82. The van der Waals surface area contributed by atoms with Crippen molar-refractivity contribution in [1.82, 2.24) is 15.6 Å². The van der Waals surface area contributed by atoms with Crippen LogP contribution in [0.3, 0.4) is 0 Å². The lowest BCUT2D eigenvalue weighted by molar-refractivity contribution is 0.240. The lowest BCUT2D eigenvalue weighted by atomic mass is 10.2. The maximum absolute atomic E-state index is 11.5. The summed E-state index contributed by atoms with van der Waals surface area (Å²) in [6.07, 6.45) is 4.03. The van der Waals surface area contributed by atoms with E-state index in [1.54, 1.807) is 0 Å². The average Bonchev–Trinajstić information content (AvgIpc) is 3.23. The molecule has 1 aliphatic carbocycles. The van der Waals surface area contributed by atoms with Crippen molar-refractivity contribution in [3.8, 4) is 0 Å². The summed E-state index contributed by atoms with van der Waals surface area (Å²) in [7, 11) is 0. The highest BCUT2D eigenvalue weighted by Gasteiger charge is 2.22. The van der Waals surface area contributed by atoms with E-state index in [4.69, 9.17) is 0 Å². The van der Waals surface area contributed by atoms with Gasteiger partial charge in [-0.3, -0.25) is 0 Å². The Hall–Kier alpha value is -1.78. The number of carbonyl (C=O) groups excluding carboxylic acids is 1. The third-order valence-electron chi connectivity index (χ3n) is 3.26. The summed E-state index contributed by atoms with van der Waals surface area (Å²) in [4.78, 5) is 18.1. The van der Waals surface area contributed by atoms with Crippen molar-refractivity contribution in [2.75, 3.05) is 18.0 Å². The molecule has 1 fully saturated rings. The summed E-state index contributed by atoms with van der Waals surface area (Å²) >= 11 is 0. The second-order valence-corrected chi connectivity index (χ2v) is 4.80. The predicted molar refractivity (Wildman–Crippen MR) is 76.2 cm³/mol.